The first-order valence-corrected chi connectivity index (χ1v) is 7.05. The van der Waals surface area contributed by atoms with Crippen molar-refractivity contribution in [1.29, 1.82) is 0 Å². The van der Waals surface area contributed by atoms with Crippen LogP contribution in [0.2, 0.25) is 0 Å². The van der Waals surface area contributed by atoms with Crippen molar-refractivity contribution in [2.24, 2.45) is 7.05 Å². The zero-order chi connectivity index (χ0) is 12.5. The lowest BCUT2D eigenvalue weighted by Gasteiger charge is -2.32. The minimum atomic E-state index is 0.634. The summed E-state index contributed by atoms with van der Waals surface area (Å²) < 4.78 is 2.21. The number of rotatable bonds is 4. The first kappa shape index (κ1) is 12.1. The van der Waals surface area contributed by atoms with Gasteiger partial charge in [-0.25, -0.2) is 0 Å². The molecule has 1 saturated heterocycles. The van der Waals surface area contributed by atoms with E-state index in [-0.39, 0.29) is 0 Å². The minimum absolute atomic E-state index is 0.634. The largest absolute Gasteiger partial charge is 0.317 e. The summed E-state index contributed by atoms with van der Waals surface area (Å²) in [5, 5.41) is 12.1. The topological polar surface area (TPSA) is 46.0 Å². The van der Waals surface area contributed by atoms with Gasteiger partial charge in [-0.3, -0.25) is 4.90 Å². The molecule has 1 unspecified atom stereocenters. The first-order valence-electron chi connectivity index (χ1n) is 7.05. The van der Waals surface area contributed by atoms with Crippen LogP contribution in [-0.2, 0) is 13.6 Å². The van der Waals surface area contributed by atoms with Gasteiger partial charge in [0.2, 0.25) is 0 Å². The number of nitrogens with one attached hydrogen (secondary N) is 1. The molecule has 1 atom stereocenters. The zero-order valence-electron chi connectivity index (χ0n) is 11.4. The van der Waals surface area contributed by atoms with Gasteiger partial charge in [0.25, 0.3) is 0 Å². The molecule has 5 heteroatoms. The lowest BCUT2D eigenvalue weighted by Crippen LogP contribution is -2.44. The molecule has 1 aromatic rings. The molecule has 2 fully saturated rings. The molecule has 0 spiro atoms. The molecule has 1 aliphatic carbocycles. The van der Waals surface area contributed by atoms with E-state index in [4.69, 9.17) is 0 Å². The second-order valence-corrected chi connectivity index (χ2v) is 5.67. The van der Waals surface area contributed by atoms with Crippen molar-refractivity contribution >= 4 is 0 Å². The summed E-state index contributed by atoms with van der Waals surface area (Å²) in [6.45, 7) is 3.25. The fourth-order valence-corrected chi connectivity index (χ4v) is 2.84. The number of nitrogens with zero attached hydrogens (tertiary/aromatic N) is 4. The van der Waals surface area contributed by atoms with Gasteiger partial charge in [0.1, 0.15) is 11.6 Å². The van der Waals surface area contributed by atoms with E-state index in [0.29, 0.717) is 12.0 Å². The highest BCUT2D eigenvalue weighted by molar-refractivity contribution is 5.07. The number of piperidine rings is 1. The van der Waals surface area contributed by atoms with Crippen molar-refractivity contribution in [2.75, 3.05) is 20.1 Å². The van der Waals surface area contributed by atoms with Crippen LogP contribution in [0.4, 0.5) is 0 Å². The maximum atomic E-state index is 4.37. The maximum absolute atomic E-state index is 4.37. The van der Waals surface area contributed by atoms with Gasteiger partial charge in [-0.1, -0.05) is 0 Å². The Balaban J connectivity index is 1.64. The summed E-state index contributed by atoms with van der Waals surface area (Å²) in [6.07, 6.45) is 5.15. The van der Waals surface area contributed by atoms with Crippen LogP contribution in [0, 0.1) is 0 Å². The van der Waals surface area contributed by atoms with E-state index in [0.717, 1.165) is 18.9 Å². The Hall–Kier alpha value is -0.940. The number of hydrogen-bond acceptors (Lipinski definition) is 4. The fraction of sp³-hybridized carbons (Fsp3) is 0.846. The summed E-state index contributed by atoms with van der Waals surface area (Å²) in [7, 11) is 4.17. The predicted molar refractivity (Wildman–Crippen MR) is 70.3 cm³/mol. The second-order valence-electron chi connectivity index (χ2n) is 5.67. The maximum Gasteiger partial charge on any atom is 0.146 e. The van der Waals surface area contributed by atoms with E-state index in [2.05, 4.69) is 39.1 Å². The van der Waals surface area contributed by atoms with Gasteiger partial charge in [-0.05, 0) is 39.3 Å². The molecule has 100 valence electrons. The molecular weight excluding hydrogens is 226 g/mol. The molecule has 0 radical (unpaired) electrons. The molecule has 0 bridgehead atoms. The van der Waals surface area contributed by atoms with Crippen molar-refractivity contribution in [1.82, 2.24) is 25.0 Å². The van der Waals surface area contributed by atoms with Crippen LogP contribution >= 0.6 is 0 Å². The van der Waals surface area contributed by atoms with E-state index < -0.39 is 0 Å². The van der Waals surface area contributed by atoms with E-state index in [1.54, 1.807) is 0 Å². The van der Waals surface area contributed by atoms with Gasteiger partial charge >= 0.3 is 0 Å². The molecule has 1 aliphatic heterocycles. The SMILES string of the molecule is CNC1CCCN(Cc2nnc(C3CC3)n2C)C1. The third-order valence-electron chi connectivity index (χ3n) is 4.22. The van der Waals surface area contributed by atoms with Crippen LogP contribution in [0.5, 0.6) is 0 Å². The van der Waals surface area contributed by atoms with Crippen LogP contribution in [-0.4, -0.2) is 45.8 Å². The minimum Gasteiger partial charge on any atom is -0.317 e. The first-order chi connectivity index (χ1) is 8.78. The smallest absolute Gasteiger partial charge is 0.146 e. The molecule has 1 N–H and O–H groups in total. The monoisotopic (exact) mass is 249 g/mol. The zero-order valence-corrected chi connectivity index (χ0v) is 11.4. The molecule has 2 aliphatic rings. The third kappa shape index (κ3) is 2.42. The van der Waals surface area contributed by atoms with Crippen molar-refractivity contribution in [3.63, 3.8) is 0 Å². The van der Waals surface area contributed by atoms with Crippen LogP contribution < -0.4 is 5.32 Å². The highest BCUT2D eigenvalue weighted by Gasteiger charge is 2.29. The summed E-state index contributed by atoms with van der Waals surface area (Å²) >= 11 is 0. The lowest BCUT2D eigenvalue weighted by atomic mass is 10.1. The van der Waals surface area contributed by atoms with E-state index in [9.17, 15) is 0 Å². The normalized spacial score (nSPS) is 25.6. The number of aromatic nitrogens is 3. The Morgan fingerprint density at radius 1 is 1.28 bits per heavy atom. The Labute approximate surface area is 109 Å². The second kappa shape index (κ2) is 4.97. The van der Waals surface area contributed by atoms with E-state index in [1.807, 2.05) is 0 Å². The molecule has 2 heterocycles. The molecule has 5 nitrogen and oxygen atoms in total. The third-order valence-corrected chi connectivity index (χ3v) is 4.22. The van der Waals surface area contributed by atoms with Gasteiger partial charge < -0.3 is 9.88 Å². The molecule has 3 rings (SSSR count). The highest BCUT2D eigenvalue weighted by atomic mass is 15.3. The van der Waals surface area contributed by atoms with E-state index >= 15 is 0 Å². The molecule has 1 aromatic heterocycles. The number of hydrogen-bond donors (Lipinski definition) is 1. The Morgan fingerprint density at radius 3 is 2.83 bits per heavy atom. The summed E-state index contributed by atoms with van der Waals surface area (Å²) in [6, 6.07) is 0.634. The van der Waals surface area contributed by atoms with Gasteiger partial charge in [0.15, 0.2) is 0 Å². The van der Waals surface area contributed by atoms with Gasteiger partial charge in [-0.2, -0.15) is 0 Å². The fourth-order valence-electron chi connectivity index (χ4n) is 2.84. The Morgan fingerprint density at radius 2 is 2.11 bits per heavy atom. The summed E-state index contributed by atoms with van der Waals surface area (Å²) in [4.78, 5) is 2.49. The Bertz CT molecular complexity index is 410. The standard InChI is InChI=1S/C13H23N5/c1-14-11-4-3-7-18(8-11)9-12-15-16-13(17(12)2)10-5-6-10/h10-11,14H,3-9H2,1-2H3. The van der Waals surface area contributed by atoms with Crippen molar-refractivity contribution < 1.29 is 0 Å². The van der Waals surface area contributed by atoms with Gasteiger partial charge in [0, 0.05) is 25.6 Å². The predicted octanol–water partition coefficient (Wildman–Crippen LogP) is 0.876. The van der Waals surface area contributed by atoms with Crippen LogP contribution in [0.3, 0.4) is 0 Å². The average molecular weight is 249 g/mol. The average Bonchev–Trinajstić information content (AvgIpc) is 3.17. The molecular formula is C13H23N5. The summed E-state index contributed by atoms with van der Waals surface area (Å²) in [5.41, 5.74) is 0. The van der Waals surface area contributed by atoms with Crippen LogP contribution in [0.25, 0.3) is 0 Å². The number of likely N-dealkylation sites (N-methyl/N-ethyl adjacent to an activating group) is 1. The molecule has 1 saturated carbocycles. The quantitative estimate of drug-likeness (QED) is 0.860. The molecule has 0 aromatic carbocycles. The lowest BCUT2D eigenvalue weighted by molar-refractivity contribution is 0.182. The van der Waals surface area contributed by atoms with Crippen molar-refractivity contribution in [3.8, 4) is 0 Å². The van der Waals surface area contributed by atoms with E-state index in [1.165, 1.54) is 38.1 Å². The van der Waals surface area contributed by atoms with Crippen LogP contribution in [0.15, 0.2) is 0 Å². The molecule has 0 amide bonds. The van der Waals surface area contributed by atoms with Gasteiger partial charge in [0.05, 0.1) is 6.54 Å². The van der Waals surface area contributed by atoms with Crippen molar-refractivity contribution in [2.45, 2.75) is 44.2 Å². The highest BCUT2D eigenvalue weighted by Crippen LogP contribution is 2.38. The van der Waals surface area contributed by atoms with Crippen LogP contribution in [0.1, 0.15) is 43.3 Å². The Kier molecular flexibility index (Phi) is 3.35. The van der Waals surface area contributed by atoms with Gasteiger partial charge in [-0.15, -0.1) is 10.2 Å². The van der Waals surface area contributed by atoms with Crippen molar-refractivity contribution in [3.05, 3.63) is 11.6 Å². The summed E-state index contributed by atoms with van der Waals surface area (Å²) in [5.74, 6) is 2.99. The molecule has 18 heavy (non-hydrogen) atoms. The number of likely N-dealkylation sites (tertiary alicyclic amines) is 1.